The summed E-state index contributed by atoms with van der Waals surface area (Å²) >= 11 is 0. The normalized spacial score (nSPS) is 12.4. The van der Waals surface area contributed by atoms with Gasteiger partial charge in [0.05, 0.1) is 6.61 Å². The van der Waals surface area contributed by atoms with Crippen molar-refractivity contribution >= 4 is 11.6 Å². The van der Waals surface area contributed by atoms with Gasteiger partial charge in [0.25, 0.3) is 0 Å². The molecule has 1 aromatic rings. The molecule has 0 bridgehead atoms. The van der Waals surface area contributed by atoms with E-state index in [9.17, 15) is 4.79 Å². The van der Waals surface area contributed by atoms with Crippen LogP contribution in [0.4, 0.5) is 5.69 Å². The second kappa shape index (κ2) is 7.01. The highest BCUT2D eigenvalue weighted by molar-refractivity contribution is 5.75. The molecule has 0 aliphatic rings. The summed E-state index contributed by atoms with van der Waals surface area (Å²) in [6.45, 7) is 6.60. The minimum atomic E-state index is -0.0972. The Hall–Kier alpha value is -1.55. The predicted molar refractivity (Wildman–Crippen MR) is 72.8 cm³/mol. The maximum atomic E-state index is 11.6. The van der Waals surface area contributed by atoms with E-state index >= 15 is 0 Å². The van der Waals surface area contributed by atoms with Gasteiger partial charge >= 0.3 is 0 Å². The van der Waals surface area contributed by atoms with Crippen LogP contribution in [0.15, 0.2) is 24.3 Å². The molecule has 3 N–H and O–H groups in total. The van der Waals surface area contributed by atoms with Gasteiger partial charge < -0.3 is 5.73 Å². The van der Waals surface area contributed by atoms with Crippen LogP contribution in [0.1, 0.15) is 38.7 Å². The number of nitrogens with one attached hydrogen (secondary N) is 1. The van der Waals surface area contributed by atoms with Crippen LogP contribution >= 0.6 is 0 Å². The Morgan fingerprint density at radius 1 is 1.28 bits per heavy atom. The average molecular weight is 250 g/mol. The number of nitrogen functional groups attached to an aromatic ring is 1. The summed E-state index contributed by atoms with van der Waals surface area (Å²) in [5.41, 5.74) is 9.92. The molecule has 1 rings (SSSR count). The summed E-state index contributed by atoms with van der Waals surface area (Å²) in [6, 6.07) is 7.59. The van der Waals surface area contributed by atoms with E-state index in [4.69, 9.17) is 10.6 Å². The van der Waals surface area contributed by atoms with Crippen LogP contribution in [0.25, 0.3) is 0 Å². The molecule has 1 atom stereocenters. The molecule has 0 aliphatic heterocycles. The number of amides is 1. The molecule has 4 nitrogen and oxygen atoms in total. The lowest BCUT2D eigenvalue weighted by Gasteiger charge is -2.13. The first-order valence-electron chi connectivity index (χ1n) is 6.25. The minimum Gasteiger partial charge on any atom is -0.399 e. The van der Waals surface area contributed by atoms with Crippen molar-refractivity contribution in [3.05, 3.63) is 29.8 Å². The fraction of sp³-hybridized carbons (Fsp3) is 0.500. The Balaban J connectivity index is 2.37. The summed E-state index contributed by atoms with van der Waals surface area (Å²) in [5, 5.41) is 0. The third kappa shape index (κ3) is 5.19. The van der Waals surface area contributed by atoms with Crippen LogP contribution in [0.2, 0.25) is 0 Å². The smallest absolute Gasteiger partial charge is 0.244 e. The third-order valence-electron chi connectivity index (χ3n) is 2.60. The van der Waals surface area contributed by atoms with Crippen molar-refractivity contribution in [3.8, 4) is 0 Å². The Morgan fingerprint density at radius 2 is 1.89 bits per heavy atom. The van der Waals surface area contributed by atoms with Gasteiger partial charge in [-0.2, -0.15) is 0 Å². The minimum absolute atomic E-state index is 0.0972. The van der Waals surface area contributed by atoms with Crippen LogP contribution in [0.3, 0.4) is 0 Å². The third-order valence-corrected chi connectivity index (χ3v) is 2.60. The van der Waals surface area contributed by atoms with Crippen molar-refractivity contribution in [3.63, 3.8) is 0 Å². The van der Waals surface area contributed by atoms with Crippen LogP contribution in [-0.2, 0) is 9.63 Å². The van der Waals surface area contributed by atoms with E-state index in [1.165, 1.54) is 0 Å². The number of hydrogen-bond acceptors (Lipinski definition) is 3. The lowest BCUT2D eigenvalue weighted by atomic mass is 9.97. The number of anilines is 1. The van der Waals surface area contributed by atoms with Gasteiger partial charge in [-0.1, -0.05) is 32.9 Å². The molecule has 1 aromatic carbocycles. The van der Waals surface area contributed by atoms with Gasteiger partial charge in [0.15, 0.2) is 0 Å². The molecule has 0 aromatic heterocycles. The molecule has 0 saturated heterocycles. The molecular formula is C14H22N2O2. The van der Waals surface area contributed by atoms with E-state index in [0.717, 1.165) is 11.3 Å². The van der Waals surface area contributed by atoms with Crippen LogP contribution in [0, 0.1) is 5.92 Å². The molecule has 0 radical (unpaired) electrons. The molecule has 1 amide bonds. The van der Waals surface area contributed by atoms with E-state index in [1.807, 2.05) is 45.0 Å². The quantitative estimate of drug-likeness (QED) is 0.602. The zero-order valence-corrected chi connectivity index (χ0v) is 11.3. The van der Waals surface area contributed by atoms with Gasteiger partial charge in [-0.05, 0) is 29.5 Å². The molecule has 1 unspecified atom stereocenters. The number of nitrogens with two attached hydrogens (primary N) is 1. The summed E-state index contributed by atoms with van der Waals surface area (Å²) < 4.78 is 0. The largest absolute Gasteiger partial charge is 0.399 e. The van der Waals surface area contributed by atoms with Gasteiger partial charge in [0.2, 0.25) is 5.91 Å². The molecule has 0 spiro atoms. The molecular weight excluding hydrogens is 228 g/mol. The molecule has 0 fully saturated rings. The topological polar surface area (TPSA) is 64.3 Å². The van der Waals surface area contributed by atoms with E-state index in [-0.39, 0.29) is 11.8 Å². The number of rotatable bonds is 6. The SMILES string of the molecule is CC(C)CONC(=O)CC(C)c1ccc(N)cc1. The lowest BCUT2D eigenvalue weighted by molar-refractivity contribution is -0.134. The Bertz CT molecular complexity index is 374. The number of benzene rings is 1. The fourth-order valence-electron chi connectivity index (χ4n) is 1.55. The molecule has 0 saturated carbocycles. The van der Waals surface area contributed by atoms with Crippen molar-refractivity contribution in [2.75, 3.05) is 12.3 Å². The Kier molecular flexibility index (Phi) is 5.65. The summed E-state index contributed by atoms with van der Waals surface area (Å²) in [6.07, 6.45) is 0.405. The van der Waals surface area contributed by atoms with Gasteiger partial charge in [0, 0.05) is 12.1 Å². The first kappa shape index (κ1) is 14.5. The van der Waals surface area contributed by atoms with Crippen LogP contribution in [0.5, 0.6) is 0 Å². The monoisotopic (exact) mass is 250 g/mol. The maximum absolute atomic E-state index is 11.6. The Morgan fingerprint density at radius 3 is 2.44 bits per heavy atom. The first-order valence-corrected chi connectivity index (χ1v) is 6.25. The lowest BCUT2D eigenvalue weighted by Crippen LogP contribution is -2.26. The van der Waals surface area contributed by atoms with E-state index in [2.05, 4.69) is 5.48 Å². The van der Waals surface area contributed by atoms with E-state index in [0.29, 0.717) is 18.9 Å². The fourth-order valence-corrected chi connectivity index (χ4v) is 1.55. The van der Waals surface area contributed by atoms with Gasteiger partial charge in [-0.3, -0.25) is 9.63 Å². The first-order chi connectivity index (χ1) is 8.49. The van der Waals surface area contributed by atoms with Crippen LogP contribution in [-0.4, -0.2) is 12.5 Å². The average Bonchev–Trinajstić information content (AvgIpc) is 2.29. The highest BCUT2D eigenvalue weighted by atomic mass is 16.6. The number of carbonyl (C=O) groups excluding carboxylic acids is 1. The zero-order chi connectivity index (χ0) is 13.5. The second-order valence-corrected chi connectivity index (χ2v) is 5.00. The van der Waals surface area contributed by atoms with E-state index < -0.39 is 0 Å². The van der Waals surface area contributed by atoms with Crippen molar-refractivity contribution in [2.24, 2.45) is 5.92 Å². The van der Waals surface area contributed by atoms with E-state index in [1.54, 1.807) is 0 Å². The molecule has 18 heavy (non-hydrogen) atoms. The number of hydrogen-bond donors (Lipinski definition) is 2. The van der Waals surface area contributed by atoms with Crippen molar-refractivity contribution in [1.29, 1.82) is 0 Å². The van der Waals surface area contributed by atoms with Crippen molar-refractivity contribution in [1.82, 2.24) is 5.48 Å². The highest BCUT2D eigenvalue weighted by Gasteiger charge is 2.11. The summed E-state index contributed by atoms with van der Waals surface area (Å²) in [5.74, 6) is 0.452. The molecule has 0 heterocycles. The standard InChI is InChI=1S/C14H22N2O2/c1-10(2)9-18-16-14(17)8-11(3)12-4-6-13(15)7-5-12/h4-7,10-11H,8-9,15H2,1-3H3,(H,16,17). The van der Waals surface area contributed by atoms with Crippen molar-refractivity contribution < 1.29 is 9.63 Å². The number of hydroxylamine groups is 1. The predicted octanol–water partition coefficient (Wildman–Crippen LogP) is 2.47. The molecule has 4 heteroatoms. The van der Waals surface area contributed by atoms with Crippen molar-refractivity contribution in [2.45, 2.75) is 33.1 Å². The zero-order valence-electron chi connectivity index (χ0n) is 11.3. The summed E-state index contributed by atoms with van der Waals surface area (Å²) in [7, 11) is 0. The number of carbonyl (C=O) groups is 1. The molecule has 100 valence electrons. The maximum Gasteiger partial charge on any atom is 0.244 e. The highest BCUT2D eigenvalue weighted by Crippen LogP contribution is 2.19. The van der Waals surface area contributed by atoms with Gasteiger partial charge in [-0.25, -0.2) is 5.48 Å². The summed E-state index contributed by atoms with van der Waals surface area (Å²) in [4.78, 5) is 16.7. The molecule has 0 aliphatic carbocycles. The Labute approximate surface area is 108 Å². The van der Waals surface area contributed by atoms with Gasteiger partial charge in [-0.15, -0.1) is 0 Å². The second-order valence-electron chi connectivity index (χ2n) is 5.00. The van der Waals surface area contributed by atoms with Gasteiger partial charge in [0.1, 0.15) is 0 Å². The van der Waals surface area contributed by atoms with Crippen LogP contribution < -0.4 is 11.2 Å².